The number of ether oxygens (including phenoxy) is 6. The zero-order valence-corrected chi connectivity index (χ0v) is 23.1. The number of benzene rings is 3. The van der Waals surface area contributed by atoms with Crippen LogP contribution in [0.15, 0.2) is 65.7 Å². The Morgan fingerprint density at radius 1 is 0.590 bits per heavy atom. The molecule has 0 atom stereocenters. The summed E-state index contributed by atoms with van der Waals surface area (Å²) in [5, 5.41) is 0. The number of rotatable bonds is 9. The van der Waals surface area contributed by atoms with Crippen LogP contribution < -0.4 is 33.3 Å². The molecule has 1 aliphatic heterocycles. The lowest BCUT2D eigenvalue weighted by Crippen LogP contribution is -2.37. The van der Waals surface area contributed by atoms with Crippen molar-refractivity contribution in [2.75, 3.05) is 60.6 Å². The SMILES string of the molecule is COc1cc(C=C2CN(c3ccccc3)CC(=Cc3cc(OC)c(OC)c(OC)c3)C2=O)cc(OC)c1OC. The highest BCUT2D eigenvalue weighted by Gasteiger charge is 2.27. The number of Topliss-reactive ketones (excluding diaryl/α,β-unsaturated/α-hetero) is 1. The lowest BCUT2D eigenvalue weighted by atomic mass is 9.93. The lowest BCUT2D eigenvalue weighted by molar-refractivity contribution is -0.112. The van der Waals surface area contributed by atoms with Gasteiger partial charge in [-0.2, -0.15) is 0 Å². The van der Waals surface area contributed by atoms with Crippen molar-refractivity contribution in [2.24, 2.45) is 0 Å². The number of piperidine rings is 1. The molecule has 1 saturated heterocycles. The third-order valence-electron chi connectivity index (χ3n) is 6.48. The van der Waals surface area contributed by atoms with E-state index in [0.29, 0.717) is 58.7 Å². The first kappa shape index (κ1) is 27.4. The van der Waals surface area contributed by atoms with Crippen LogP contribution in [0.25, 0.3) is 12.2 Å². The molecule has 0 amide bonds. The number of para-hydroxylation sites is 1. The van der Waals surface area contributed by atoms with Gasteiger partial charge in [0.1, 0.15) is 0 Å². The number of hydrogen-bond donors (Lipinski definition) is 0. The highest BCUT2D eigenvalue weighted by Crippen LogP contribution is 2.40. The van der Waals surface area contributed by atoms with Gasteiger partial charge in [-0.15, -0.1) is 0 Å². The maximum Gasteiger partial charge on any atom is 0.203 e. The van der Waals surface area contributed by atoms with Crippen LogP contribution >= 0.6 is 0 Å². The third-order valence-corrected chi connectivity index (χ3v) is 6.48. The smallest absolute Gasteiger partial charge is 0.203 e. The van der Waals surface area contributed by atoms with Crippen LogP contribution in [0.5, 0.6) is 34.5 Å². The van der Waals surface area contributed by atoms with Gasteiger partial charge in [-0.1, -0.05) is 18.2 Å². The van der Waals surface area contributed by atoms with Crippen LogP contribution in [0.2, 0.25) is 0 Å². The molecule has 0 unspecified atom stereocenters. The highest BCUT2D eigenvalue weighted by molar-refractivity contribution is 6.15. The molecule has 8 nitrogen and oxygen atoms in total. The molecule has 1 aliphatic rings. The topological polar surface area (TPSA) is 75.7 Å². The Morgan fingerprint density at radius 3 is 1.31 bits per heavy atom. The normalized spacial score (nSPS) is 15.3. The van der Waals surface area contributed by atoms with E-state index >= 15 is 0 Å². The molecule has 0 aliphatic carbocycles. The molecule has 204 valence electrons. The molecule has 39 heavy (non-hydrogen) atoms. The predicted octanol–water partition coefficient (Wildman–Crippen LogP) is 5.29. The Morgan fingerprint density at radius 2 is 0.974 bits per heavy atom. The van der Waals surface area contributed by atoms with E-state index in [1.54, 1.807) is 42.7 Å². The summed E-state index contributed by atoms with van der Waals surface area (Å²) in [6, 6.07) is 17.3. The Balaban J connectivity index is 1.82. The molecular formula is C31H33NO7. The van der Waals surface area contributed by atoms with Gasteiger partial charge in [-0.3, -0.25) is 4.79 Å². The average molecular weight is 532 g/mol. The Hall–Kier alpha value is -4.59. The molecule has 0 bridgehead atoms. The van der Waals surface area contributed by atoms with Crippen molar-refractivity contribution >= 4 is 23.6 Å². The van der Waals surface area contributed by atoms with E-state index in [4.69, 9.17) is 28.4 Å². The van der Waals surface area contributed by atoms with E-state index in [0.717, 1.165) is 16.8 Å². The summed E-state index contributed by atoms with van der Waals surface area (Å²) in [6.45, 7) is 0.873. The first-order valence-corrected chi connectivity index (χ1v) is 12.3. The Kier molecular flexibility index (Phi) is 8.66. The van der Waals surface area contributed by atoms with Crippen molar-refractivity contribution in [3.05, 3.63) is 76.9 Å². The number of ketones is 1. The molecule has 8 heteroatoms. The molecule has 3 aromatic rings. The summed E-state index contributed by atoms with van der Waals surface area (Å²) in [4.78, 5) is 16.0. The third kappa shape index (κ3) is 5.80. The van der Waals surface area contributed by atoms with Gasteiger partial charge in [-0.05, 0) is 59.7 Å². The fourth-order valence-corrected chi connectivity index (χ4v) is 4.63. The van der Waals surface area contributed by atoms with Crippen LogP contribution in [-0.2, 0) is 4.79 Å². The lowest BCUT2D eigenvalue weighted by Gasteiger charge is -2.32. The van der Waals surface area contributed by atoms with Crippen LogP contribution in [0.1, 0.15) is 11.1 Å². The summed E-state index contributed by atoms with van der Waals surface area (Å²) in [5.74, 6) is 2.99. The van der Waals surface area contributed by atoms with Crippen LogP contribution in [-0.4, -0.2) is 61.5 Å². The zero-order chi connectivity index (χ0) is 27.9. The van der Waals surface area contributed by atoms with Crippen molar-refractivity contribution in [1.29, 1.82) is 0 Å². The molecule has 1 fully saturated rings. The number of carbonyl (C=O) groups excluding carboxylic acids is 1. The molecular weight excluding hydrogens is 498 g/mol. The van der Waals surface area contributed by atoms with Crippen LogP contribution in [0.4, 0.5) is 5.69 Å². The number of nitrogens with zero attached hydrogens (tertiary/aromatic N) is 1. The van der Waals surface area contributed by atoms with Crippen molar-refractivity contribution < 1.29 is 33.2 Å². The van der Waals surface area contributed by atoms with E-state index < -0.39 is 0 Å². The van der Waals surface area contributed by atoms with E-state index in [-0.39, 0.29) is 5.78 Å². The number of methoxy groups -OCH3 is 6. The summed E-state index contributed by atoms with van der Waals surface area (Å²) >= 11 is 0. The van der Waals surface area contributed by atoms with Gasteiger partial charge in [0.25, 0.3) is 0 Å². The zero-order valence-electron chi connectivity index (χ0n) is 23.1. The van der Waals surface area contributed by atoms with Gasteiger partial charge < -0.3 is 33.3 Å². The maximum atomic E-state index is 13.8. The van der Waals surface area contributed by atoms with E-state index in [1.165, 1.54) is 0 Å². The van der Waals surface area contributed by atoms with Crippen molar-refractivity contribution in [1.82, 2.24) is 0 Å². The number of carbonyl (C=O) groups is 1. The summed E-state index contributed by atoms with van der Waals surface area (Å²) < 4.78 is 33.0. The molecule has 0 spiro atoms. The molecule has 0 saturated carbocycles. The largest absolute Gasteiger partial charge is 0.493 e. The second kappa shape index (κ2) is 12.3. The minimum absolute atomic E-state index is 0.0512. The van der Waals surface area contributed by atoms with Crippen molar-refractivity contribution in [3.63, 3.8) is 0 Å². The monoisotopic (exact) mass is 531 g/mol. The average Bonchev–Trinajstić information content (AvgIpc) is 2.98. The Labute approximate surface area is 229 Å². The fourth-order valence-electron chi connectivity index (χ4n) is 4.63. The molecule has 4 rings (SSSR count). The van der Waals surface area contributed by atoms with Gasteiger partial charge in [-0.25, -0.2) is 0 Å². The molecule has 3 aromatic carbocycles. The molecule has 0 radical (unpaired) electrons. The predicted molar refractivity (Wildman–Crippen MR) is 152 cm³/mol. The second-order valence-electron chi connectivity index (χ2n) is 8.78. The van der Waals surface area contributed by atoms with Gasteiger partial charge in [0.2, 0.25) is 11.5 Å². The molecule has 0 N–H and O–H groups in total. The van der Waals surface area contributed by atoms with Crippen molar-refractivity contribution in [2.45, 2.75) is 0 Å². The van der Waals surface area contributed by atoms with Crippen molar-refractivity contribution in [3.8, 4) is 34.5 Å². The molecule has 0 aromatic heterocycles. The van der Waals surface area contributed by atoms with Gasteiger partial charge in [0, 0.05) is 29.9 Å². The van der Waals surface area contributed by atoms with Crippen LogP contribution in [0, 0.1) is 0 Å². The summed E-state index contributed by atoms with van der Waals surface area (Å²) in [5.41, 5.74) is 3.78. The van der Waals surface area contributed by atoms with Gasteiger partial charge in [0.05, 0.1) is 42.7 Å². The summed E-state index contributed by atoms with van der Waals surface area (Å²) in [6.07, 6.45) is 3.73. The minimum atomic E-state index is -0.0512. The van der Waals surface area contributed by atoms with Gasteiger partial charge >= 0.3 is 0 Å². The molecule has 1 heterocycles. The fraction of sp³-hybridized carbons (Fsp3) is 0.258. The number of hydrogen-bond acceptors (Lipinski definition) is 8. The van der Waals surface area contributed by atoms with Crippen LogP contribution in [0.3, 0.4) is 0 Å². The van der Waals surface area contributed by atoms with E-state index in [2.05, 4.69) is 4.90 Å². The summed E-state index contributed by atoms with van der Waals surface area (Å²) in [7, 11) is 9.37. The second-order valence-corrected chi connectivity index (χ2v) is 8.78. The first-order chi connectivity index (χ1) is 19.0. The highest BCUT2D eigenvalue weighted by atomic mass is 16.5. The first-order valence-electron chi connectivity index (χ1n) is 12.3. The minimum Gasteiger partial charge on any atom is -0.493 e. The Bertz CT molecular complexity index is 1260. The maximum absolute atomic E-state index is 13.8. The standard InChI is InChI=1S/C31H33NO7/c1-34-25-14-20(15-26(35-2)30(25)38-5)12-22-18-32(24-10-8-7-9-11-24)19-23(29(22)33)13-21-16-27(36-3)31(39-6)28(17-21)37-4/h7-17H,18-19H2,1-6H3. The number of anilines is 1. The van der Waals surface area contributed by atoms with E-state index in [1.807, 2.05) is 66.7 Å². The van der Waals surface area contributed by atoms with Gasteiger partial charge in [0.15, 0.2) is 28.8 Å². The quantitative estimate of drug-likeness (QED) is 0.345. The van der Waals surface area contributed by atoms with E-state index in [9.17, 15) is 4.79 Å².